The molecule has 0 atom stereocenters. The summed E-state index contributed by atoms with van der Waals surface area (Å²) in [6.07, 6.45) is -1.06. The number of nitrogens with zero attached hydrogens (tertiary/aromatic N) is 1. The van der Waals surface area contributed by atoms with Gasteiger partial charge in [-0.25, -0.2) is 4.79 Å². The zero-order valence-corrected chi connectivity index (χ0v) is 14.3. The van der Waals surface area contributed by atoms with Crippen LogP contribution in [0.4, 0.5) is 8.78 Å². The van der Waals surface area contributed by atoms with E-state index in [2.05, 4.69) is 9.72 Å². The Kier molecular flexibility index (Phi) is 7.20. The monoisotopic (exact) mass is 363 g/mol. The van der Waals surface area contributed by atoms with Crippen LogP contribution in [0.5, 0.6) is 0 Å². The van der Waals surface area contributed by atoms with Gasteiger partial charge in [0.2, 0.25) is 0 Å². The zero-order valence-electron chi connectivity index (χ0n) is 14.3. The maximum atomic E-state index is 12.1. The minimum absolute atomic E-state index is 0.155. The summed E-state index contributed by atoms with van der Waals surface area (Å²) in [6.45, 7) is 1.96. The summed E-state index contributed by atoms with van der Waals surface area (Å²) in [7, 11) is 0. The molecule has 26 heavy (non-hydrogen) atoms. The number of benzene rings is 1. The van der Waals surface area contributed by atoms with Gasteiger partial charge in [0, 0.05) is 18.3 Å². The maximum Gasteiger partial charge on any atom is 0.373 e. The fourth-order valence-electron chi connectivity index (χ4n) is 2.31. The number of alkyl halides is 2. The molecule has 0 aliphatic rings. The van der Waals surface area contributed by atoms with Crippen LogP contribution in [-0.2, 0) is 31.9 Å². The summed E-state index contributed by atoms with van der Waals surface area (Å²) >= 11 is 0. The standard InChI is InChI=1S/C19H19F2NO4/c1-2-25-17(23)11-13-3-5-14(6-4-13)15-7-9-22-16(12-15)8-10-26-19(24)18(20)21/h3-7,9,12,18H,2,8,10-11H2,1H3. The second kappa shape index (κ2) is 9.60. The van der Waals surface area contributed by atoms with Crippen LogP contribution >= 0.6 is 0 Å². The molecule has 0 saturated carbocycles. The maximum absolute atomic E-state index is 12.1. The van der Waals surface area contributed by atoms with Crippen LogP contribution < -0.4 is 0 Å². The smallest absolute Gasteiger partial charge is 0.373 e. The minimum atomic E-state index is -3.12. The lowest BCUT2D eigenvalue weighted by Gasteiger charge is -2.07. The fourth-order valence-corrected chi connectivity index (χ4v) is 2.31. The van der Waals surface area contributed by atoms with Gasteiger partial charge in [-0.1, -0.05) is 24.3 Å². The van der Waals surface area contributed by atoms with Crippen LogP contribution in [0.25, 0.3) is 11.1 Å². The number of aromatic nitrogens is 1. The Balaban J connectivity index is 1.98. The predicted molar refractivity (Wildman–Crippen MR) is 90.7 cm³/mol. The van der Waals surface area contributed by atoms with E-state index in [1.165, 1.54) is 0 Å². The highest BCUT2D eigenvalue weighted by Gasteiger charge is 2.16. The number of halogens is 2. The van der Waals surface area contributed by atoms with Crippen LogP contribution in [0.1, 0.15) is 18.2 Å². The molecule has 0 spiro atoms. The lowest BCUT2D eigenvalue weighted by atomic mass is 10.0. The van der Waals surface area contributed by atoms with Crippen molar-refractivity contribution in [3.05, 3.63) is 53.9 Å². The van der Waals surface area contributed by atoms with Gasteiger partial charge < -0.3 is 9.47 Å². The van der Waals surface area contributed by atoms with Crippen LogP contribution in [0.2, 0.25) is 0 Å². The van der Waals surface area contributed by atoms with Crippen molar-refractivity contribution in [3.8, 4) is 11.1 Å². The Bertz CT molecular complexity index is 747. The number of rotatable bonds is 8. The normalized spacial score (nSPS) is 10.6. The van der Waals surface area contributed by atoms with E-state index in [-0.39, 0.29) is 25.4 Å². The topological polar surface area (TPSA) is 65.5 Å². The average molecular weight is 363 g/mol. The zero-order chi connectivity index (χ0) is 18.9. The first-order chi connectivity index (χ1) is 12.5. The first-order valence-corrected chi connectivity index (χ1v) is 8.14. The summed E-state index contributed by atoms with van der Waals surface area (Å²) in [5.41, 5.74) is 3.28. The van der Waals surface area contributed by atoms with Crippen LogP contribution in [0.15, 0.2) is 42.6 Å². The highest BCUT2D eigenvalue weighted by atomic mass is 19.3. The van der Waals surface area contributed by atoms with Gasteiger partial charge in [-0.2, -0.15) is 8.78 Å². The van der Waals surface area contributed by atoms with Gasteiger partial charge >= 0.3 is 18.4 Å². The van der Waals surface area contributed by atoms with Crippen molar-refractivity contribution in [1.82, 2.24) is 4.98 Å². The van der Waals surface area contributed by atoms with Gasteiger partial charge in [0.1, 0.15) is 0 Å². The number of hydrogen-bond acceptors (Lipinski definition) is 5. The molecule has 7 heteroatoms. The van der Waals surface area contributed by atoms with Gasteiger partial charge in [0.15, 0.2) is 0 Å². The van der Waals surface area contributed by atoms with Crippen molar-refractivity contribution in [2.75, 3.05) is 13.2 Å². The first kappa shape index (κ1) is 19.5. The SMILES string of the molecule is CCOC(=O)Cc1ccc(-c2ccnc(CCOC(=O)C(F)F)c2)cc1. The summed E-state index contributed by atoms with van der Waals surface area (Å²) in [4.78, 5) is 26.4. The lowest BCUT2D eigenvalue weighted by Crippen LogP contribution is -2.16. The molecular weight excluding hydrogens is 344 g/mol. The van der Waals surface area contributed by atoms with Crippen molar-refractivity contribution in [1.29, 1.82) is 0 Å². The third kappa shape index (κ3) is 5.91. The second-order valence-corrected chi connectivity index (χ2v) is 5.43. The van der Waals surface area contributed by atoms with Crippen LogP contribution in [-0.4, -0.2) is 36.6 Å². The molecule has 0 unspecified atom stereocenters. The molecule has 1 aromatic heterocycles. The molecule has 2 rings (SSSR count). The molecule has 0 aliphatic carbocycles. The van der Waals surface area contributed by atoms with Crippen LogP contribution in [0, 0.1) is 0 Å². The molecule has 2 aromatic rings. The molecule has 0 bridgehead atoms. The number of carbonyl (C=O) groups is 2. The summed E-state index contributed by atoms with van der Waals surface area (Å²) < 4.78 is 33.5. The third-order valence-corrected chi connectivity index (χ3v) is 3.54. The lowest BCUT2D eigenvalue weighted by molar-refractivity contribution is -0.156. The Morgan fingerprint density at radius 2 is 1.81 bits per heavy atom. The second-order valence-electron chi connectivity index (χ2n) is 5.43. The van der Waals surface area contributed by atoms with E-state index in [4.69, 9.17) is 4.74 Å². The quantitative estimate of drug-likeness (QED) is 0.674. The number of ether oxygens (including phenoxy) is 2. The predicted octanol–water partition coefficient (Wildman–Crippen LogP) is 3.21. The molecule has 138 valence electrons. The molecule has 0 amide bonds. The molecule has 0 radical (unpaired) electrons. The van der Waals surface area contributed by atoms with E-state index in [0.29, 0.717) is 12.3 Å². The Morgan fingerprint density at radius 1 is 1.08 bits per heavy atom. The molecule has 1 aromatic carbocycles. The van der Waals surface area contributed by atoms with E-state index in [0.717, 1.165) is 16.7 Å². The Hall–Kier alpha value is -2.83. The summed E-state index contributed by atoms with van der Waals surface area (Å²) in [5.74, 6) is -1.80. The van der Waals surface area contributed by atoms with E-state index < -0.39 is 12.4 Å². The highest BCUT2D eigenvalue weighted by Crippen LogP contribution is 2.20. The molecule has 0 N–H and O–H groups in total. The Morgan fingerprint density at radius 3 is 2.46 bits per heavy atom. The average Bonchev–Trinajstić information content (AvgIpc) is 2.62. The van der Waals surface area contributed by atoms with Gasteiger partial charge in [-0.15, -0.1) is 0 Å². The van der Waals surface area contributed by atoms with Gasteiger partial charge in [-0.05, 0) is 35.7 Å². The number of carbonyl (C=O) groups excluding carboxylic acids is 2. The minimum Gasteiger partial charge on any atom is -0.466 e. The van der Waals surface area contributed by atoms with Crippen molar-refractivity contribution in [2.24, 2.45) is 0 Å². The fraction of sp³-hybridized carbons (Fsp3) is 0.316. The number of pyridine rings is 1. The van der Waals surface area contributed by atoms with Crippen molar-refractivity contribution < 1.29 is 27.8 Å². The van der Waals surface area contributed by atoms with Crippen molar-refractivity contribution in [2.45, 2.75) is 26.2 Å². The first-order valence-electron chi connectivity index (χ1n) is 8.14. The molecule has 5 nitrogen and oxygen atoms in total. The van der Waals surface area contributed by atoms with E-state index in [1.54, 1.807) is 19.2 Å². The third-order valence-electron chi connectivity index (χ3n) is 3.54. The van der Waals surface area contributed by atoms with Crippen molar-refractivity contribution >= 4 is 11.9 Å². The largest absolute Gasteiger partial charge is 0.466 e. The van der Waals surface area contributed by atoms with E-state index in [9.17, 15) is 18.4 Å². The van der Waals surface area contributed by atoms with E-state index in [1.807, 2.05) is 30.3 Å². The molecule has 1 heterocycles. The number of esters is 2. The van der Waals surface area contributed by atoms with Gasteiger partial charge in [0.05, 0.1) is 19.6 Å². The van der Waals surface area contributed by atoms with E-state index >= 15 is 0 Å². The van der Waals surface area contributed by atoms with Crippen LogP contribution in [0.3, 0.4) is 0 Å². The van der Waals surface area contributed by atoms with Crippen molar-refractivity contribution in [3.63, 3.8) is 0 Å². The molecular formula is C19H19F2NO4. The number of hydrogen-bond donors (Lipinski definition) is 0. The Labute approximate surface area is 150 Å². The molecule has 0 aliphatic heterocycles. The molecule has 0 saturated heterocycles. The highest BCUT2D eigenvalue weighted by molar-refractivity contribution is 5.73. The van der Waals surface area contributed by atoms with Gasteiger partial charge in [-0.3, -0.25) is 9.78 Å². The van der Waals surface area contributed by atoms with Gasteiger partial charge in [0.25, 0.3) is 0 Å². The molecule has 0 fully saturated rings. The summed E-state index contributed by atoms with van der Waals surface area (Å²) in [5, 5.41) is 0. The summed E-state index contributed by atoms with van der Waals surface area (Å²) in [6, 6.07) is 11.1.